The van der Waals surface area contributed by atoms with Gasteiger partial charge in [-0.3, -0.25) is 9.98 Å². The van der Waals surface area contributed by atoms with E-state index in [1.807, 2.05) is 42.6 Å². The largest absolute Gasteiger partial charge is 0.282 e. The Balaban J connectivity index is 2.33. The summed E-state index contributed by atoms with van der Waals surface area (Å²) in [6.45, 7) is 3.04. The van der Waals surface area contributed by atoms with Crippen molar-refractivity contribution in [3.8, 4) is 0 Å². The van der Waals surface area contributed by atoms with Crippen LogP contribution in [0.5, 0.6) is 0 Å². The van der Waals surface area contributed by atoms with Gasteiger partial charge in [0.05, 0.1) is 11.4 Å². The minimum Gasteiger partial charge on any atom is -0.282 e. The molecule has 0 atom stereocenters. The highest BCUT2D eigenvalue weighted by Crippen LogP contribution is 2.09. The van der Waals surface area contributed by atoms with E-state index in [0.717, 1.165) is 36.4 Å². The first-order valence-corrected chi connectivity index (χ1v) is 6.43. The predicted octanol–water partition coefficient (Wildman–Crippen LogP) is 3.72. The summed E-state index contributed by atoms with van der Waals surface area (Å²) in [5, 5.41) is 0. The molecule has 0 aliphatic rings. The number of aromatic nitrogens is 1. The highest BCUT2D eigenvalue weighted by atomic mass is 14.8. The zero-order valence-electron chi connectivity index (χ0n) is 10.7. The van der Waals surface area contributed by atoms with Crippen LogP contribution in [0.4, 0.5) is 0 Å². The van der Waals surface area contributed by atoms with Gasteiger partial charge in [-0.25, -0.2) is 0 Å². The summed E-state index contributed by atoms with van der Waals surface area (Å²) in [7, 11) is 0. The van der Waals surface area contributed by atoms with E-state index in [-0.39, 0.29) is 0 Å². The van der Waals surface area contributed by atoms with Gasteiger partial charge in [-0.2, -0.15) is 0 Å². The van der Waals surface area contributed by atoms with E-state index in [0.29, 0.717) is 0 Å². The van der Waals surface area contributed by atoms with Gasteiger partial charge in [-0.05, 0) is 18.6 Å². The Morgan fingerprint density at radius 1 is 1.06 bits per heavy atom. The van der Waals surface area contributed by atoms with Crippen molar-refractivity contribution in [3.05, 3.63) is 66.0 Å². The van der Waals surface area contributed by atoms with Crippen molar-refractivity contribution in [2.45, 2.75) is 19.8 Å². The molecule has 0 spiro atoms. The third kappa shape index (κ3) is 3.27. The third-order valence-electron chi connectivity index (χ3n) is 2.74. The molecule has 0 aliphatic heterocycles. The second-order valence-corrected chi connectivity index (χ2v) is 4.16. The Hall–Kier alpha value is -1.96. The zero-order chi connectivity index (χ0) is 12.6. The molecular formula is C16H18N2. The molecule has 2 aromatic rings. The van der Waals surface area contributed by atoms with Crippen molar-refractivity contribution >= 4 is 5.71 Å². The Morgan fingerprint density at radius 2 is 1.83 bits per heavy atom. The molecule has 2 nitrogen and oxygen atoms in total. The lowest BCUT2D eigenvalue weighted by Gasteiger charge is -2.06. The summed E-state index contributed by atoms with van der Waals surface area (Å²) in [4.78, 5) is 9.11. The molecule has 0 N–H and O–H groups in total. The number of unbranched alkanes of at least 4 members (excludes halogenated alkanes) is 1. The van der Waals surface area contributed by atoms with E-state index in [1.54, 1.807) is 0 Å². The van der Waals surface area contributed by atoms with Gasteiger partial charge >= 0.3 is 0 Å². The van der Waals surface area contributed by atoms with Crippen LogP contribution in [-0.4, -0.2) is 17.2 Å². The zero-order valence-corrected chi connectivity index (χ0v) is 10.7. The van der Waals surface area contributed by atoms with E-state index >= 15 is 0 Å². The van der Waals surface area contributed by atoms with Gasteiger partial charge in [0.1, 0.15) is 0 Å². The van der Waals surface area contributed by atoms with Gasteiger partial charge in [-0.1, -0.05) is 49.7 Å². The van der Waals surface area contributed by atoms with Crippen LogP contribution in [0.3, 0.4) is 0 Å². The van der Waals surface area contributed by atoms with Gasteiger partial charge in [-0.15, -0.1) is 0 Å². The van der Waals surface area contributed by atoms with Crippen LogP contribution in [0.2, 0.25) is 0 Å². The number of aliphatic imine (C=N–C) groups is 1. The maximum Gasteiger partial charge on any atom is 0.0903 e. The fraction of sp³-hybridized carbons (Fsp3) is 0.250. The molecule has 0 aliphatic carbocycles. The first-order valence-electron chi connectivity index (χ1n) is 6.43. The Morgan fingerprint density at radius 3 is 2.50 bits per heavy atom. The molecule has 0 bridgehead atoms. The van der Waals surface area contributed by atoms with E-state index < -0.39 is 0 Å². The van der Waals surface area contributed by atoms with Gasteiger partial charge in [0.15, 0.2) is 0 Å². The number of hydrogen-bond donors (Lipinski definition) is 0. The maximum absolute atomic E-state index is 4.71. The second-order valence-electron chi connectivity index (χ2n) is 4.16. The molecule has 1 heterocycles. The van der Waals surface area contributed by atoms with Crippen molar-refractivity contribution < 1.29 is 0 Å². The van der Waals surface area contributed by atoms with E-state index in [4.69, 9.17) is 4.99 Å². The van der Waals surface area contributed by atoms with Crippen LogP contribution in [0.25, 0.3) is 0 Å². The molecule has 2 rings (SSSR count). The summed E-state index contributed by atoms with van der Waals surface area (Å²) in [6, 6.07) is 16.2. The van der Waals surface area contributed by atoms with E-state index in [9.17, 15) is 0 Å². The summed E-state index contributed by atoms with van der Waals surface area (Å²) < 4.78 is 0. The molecule has 18 heavy (non-hydrogen) atoms. The Kier molecular flexibility index (Phi) is 4.65. The predicted molar refractivity (Wildman–Crippen MR) is 76.1 cm³/mol. The molecule has 0 radical (unpaired) electrons. The van der Waals surface area contributed by atoms with E-state index in [2.05, 4.69) is 24.0 Å². The summed E-state index contributed by atoms with van der Waals surface area (Å²) in [6.07, 6.45) is 4.09. The van der Waals surface area contributed by atoms with Crippen LogP contribution in [-0.2, 0) is 0 Å². The van der Waals surface area contributed by atoms with Crippen LogP contribution < -0.4 is 0 Å². The summed E-state index contributed by atoms with van der Waals surface area (Å²) in [5.41, 5.74) is 3.07. The van der Waals surface area contributed by atoms with Crippen molar-refractivity contribution in [2.75, 3.05) is 6.54 Å². The van der Waals surface area contributed by atoms with Gasteiger partial charge in [0.2, 0.25) is 0 Å². The average molecular weight is 238 g/mol. The highest BCUT2D eigenvalue weighted by Gasteiger charge is 2.06. The van der Waals surface area contributed by atoms with Gasteiger partial charge in [0, 0.05) is 18.3 Å². The lowest BCUT2D eigenvalue weighted by molar-refractivity contribution is 0.808. The second kappa shape index (κ2) is 6.70. The fourth-order valence-electron chi connectivity index (χ4n) is 1.77. The van der Waals surface area contributed by atoms with Crippen molar-refractivity contribution in [1.82, 2.24) is 4.98 Å². The molecule has 92 valence electrons. The summed E-state index contributed by atoms with van der Waals surface area (Å²) in [5.74, 6) is 0. The van der Waals surface area contributed by atoms with E-state index in [1.165, 1.54) is 0 Å². The molecular weight excluding hydrogens is 220 g/mol. The van der Waals surface area contributed by atoms with Crippen molar-refractivity contribution in [3.63, 3.8) is 0 Å². The molecule has 0 unspecified atom stereocenters. The number of pyridine rings is 1. The minimum atomic E-state index is 0.858. The third-order valence-corrected chi connectivity index (χ3v) is 2.74. The standard InChI is InChI=1S/C16H18N2/c1-2-3-12-18-16(14-9-5-4-6-10-14)15-11-7-8-13-17-15/h4-11,13H,2-3,12H2,1H3. The Bertz CT molecular complexity index is 448. The van der Waals surface area contributed by atoms with Crippen LogP contribution in [0.15, 0.2) is 59.7 Å². The van der Waals surface area contributed by atoms with Gasteiger partial charge in [0.25, 0.3) is 0 Å². The van der Waals surface area contributed by atoms with Crippen LogP contribution >= 0.6 is 0 Å². The molecule has 1 aromatic carbocycles. The van der Waals surface area contributed by atoms with Crippen LogP contribution in [0.1, 0.15) is 31.0 Å². The topological polar surface area (TPSA) is 25.2 Å². The van der Waals surface area contributed by atoms with Crippen molar-refractivity contribution in [1.29, 1.82) is 0 Å². The monoisotopic (exact) mass is 238 g/mol. The lowest BCUT2D eigenvalue weighted by Crippen LogP contribution is -2.06. The minimum absolute atomic E-state index is 0.858. The molecule has 0 saturated heterocycles. The SMILES string of the molecule is CCCCN=C(c1ccccc1)c1ccccn1. The number of nitrogens with zero attached hydrogens (tertiary/aromatic N) is 2. The molecule has 0 fully saturated rings. The molecule has 2 heteroatoms. The summed E-state index contributed by atoms with van der Waals surface area (Å²) >= 11 is 0. The fourth-order valence-corrected chi connectivity index (χ4v) is 1.77. The molecule has 1 aromatic heterocycles. The number of benzene rings is 1. The first-order chi connectivity index (χ1) is 8.92. The lowest BCUT2D eigenvalue weighted by atomic mass is 10.1. The van der Waals surface area contributed by atoms with Crippen molar-refractivity contribution in [2.24, 2.45) is 4.99 Å². The molecule has 0 saturated carbocycles. The maximum atomic E-state index is 4.71. The average Bonchev–Trinajstić information content (AvgIpc) is 2.46. The Labute approximate surface area is 108 Å². The number of hydrogen-bond acceptors (Lipinski definition) is 2. The smallest absolute Gasteiger partial charge is 0.0903 e. The molecule has 0 amide bonds. The number of rotatable bonds is 5. The normalized spacial score (nSPS) is 11.5. The highest BCUT2D eigenvalue weighted by molar-refractivity contribution is 6.11. The quantitative estimate of drug-likeness (QED) is 0.575. The first kappa shape index (κ1) is 12.5. The van der Waals surface area contributed by atoms with Crippen LogP contribution in [0, 0.1) is 0 Å². The van der Waals surface area contributed by atoms with Gasteiger partial charge < -0.3 is 0 Å².